The van der Waals surface area contributed by atoms with Gasteiger partial charge < -0.3 is 15.2 Å². The van der Waals surface area contributed by atoms with Gasteiger partial charge in [-0.05, 0) is 18.8 Å². The molecule has 2 N–H and O–H groups in total. The Kier molecular flexibility index (Phi) is 6.16. The van der Waals surface area contributed by atoms with Gasteiger partial charge in [-0.3, -0.25) is 4.79 Å². The van der Waals surface area contributed by atoms with E-state index in [0.29, 0.717) is 12.8 Å². The number of nitrogens with one attached hydrogen (secondary N) is 1. The first-order valence-electron chi connectivity index (χ1n) is 5.85. The highest BCUT2D eigenvalue weighted by Gasteiger charge is 2.46. The number of ether oxygens (including phenoxy) is 1. The third-order valence-corrected chi connectivity index (χ3v) is 2.63. The lowest BCUT2D eigenvalue weighted by atomic mass is 9.82. The number of esters is 1. The monoisotopic (exact) mass is 245 g/mol. The van der Waals surface area contributed by atoms with Crippen LogP contribution in [0.15, 0.2) is 0 Å². The summed E-state index contributed by atoms with van der Waals surface area (Å²) in [7, 11) is 1.25. The summed E-state index contributed by atoms with van der Waals surface area (Å²) in [6, 6.07) is 0. The Bertz CT molecular complexity index is 278. The van der Waals surface area contributed by atoms with Crippen LogP contribution in [0, 0.1) is 5.92 Å². The van der Waals surface area contributed by atoms with Gasteiger partial charge in [-0.1, -0.05) is 20.8 Å². The minimum atomic E-state index is -1.34. The van der Waals surface area contributed by atoms with Crippen molar-refractivity contribution < 1.29 is 19.4 Å². The van der Waals surface area contributed by atoms with E-state index in [1.807, 2.05) is 13.8 Å². The van der Waals surface area contributed by atoms with Gasteiger partial charge in [-0.25, -0.2) is 4.79 Å². The van der Waals surface area contributed by atoms with Crippen LogP contribution < -0.4 is 5.32 Å². The topological polar surface area (TPSA) is 75.6 Å². The molecule has 0 saturated carbocycles. The molecule has 0 aromatic heterocycles. The molecule has 0 unspecified atom stereocenters. The molecule has 0 radical (unpaired) electrons. The molecule has 0 rings (SSSR count). The molecule has 0 saturated heterocycles. The van der Waals surface area contributed by atoms with Crippen LogP contribution in [0.5, 0.6) is 0 Å². The Hall–Kier alpha value is -1.10. The van der Waals surface area contributed by atoms with Crippen molar-refractivity contribution in [2.24, 2.45) is 5.92 Å². The van der Waals surface area contributed by atoms with Crippen molar-refractivity contribution in [1.82, 2.24) is 5.32 Å². The number of hydrogen-bond acceptors (Lipinski definition) is 4. The minimum absolute atomic E-state index is 0.141. The standard InChI is InChI=1S/C12H23NO4/c1-6-10(15)12(7-8(2)3,11(16)17-5)13-9(4)14/h8,10,15H,6-7H2,1-5H3,(H,13,14)/t10-,12-/m0/s1. The SMILES string of the molecule is CC[C@H](O)[C@](CC(C)C)(NC(C)=O)C(=O)OC. The van der Waals surface area contributed by atoms with E-state index in [2.05, 4.69) is 5.32 Å². The largest absolute Gasteiger partial charge is 0.467 e. The summed E-state index contributed by atoms with van der Waals surface area (Å²) < 4.78 is 4.73. The van der Waals surface area contributed by atoms with Crippen LogP contribution in [0.4, 0.5) is 0 Å². The number of methoxy groups -OCH3 is 1. The summed E-state index contributed by atoms with van der Waals surface area (Å²) in [4.78, 5) is 23.2. The fourth-order valence-corrected chi connectivity index (χ4v) is 2.03. The highest BCUT2D eigenvalue weighted by molar-refractivity contribution is 5.87. The molecular weight excluding hydrogens is 222 g/mol. The molecule has 17 heavy (non-hydrogen) atoms. The van der Waals surface area contributed by atoms with E-state index in [0.717, 1.165) is 0 Å². The molecule has 0 aliphatic carbocycles. The van der Waals surface area contributed by atoms with Crippen molar-refractivity contribution in [3.63, 3.8) is 0 Å². The average molecular weight is 245 g/mol. The van der Waals surface area contributed by atoms with Gasteiger partial charge in [0.25, 0.3) is 0 Å². The fourth-order valence-electron chi connectivity index (χ4n) is 2.03. The second kappa shape index (κ2) is 6.59. The fraction of sp³-hybridized carbons (Fsp3) is 0.833. The van der Waals surface area contributed by atoms with Gasteiger partial charge in [0.15, 0.2) is 5.54 Å². The summed E-state index contributed by atoms with van der Waals surface area (Å²) in [5, 5.41) is 12.6. The van der Waals surface area contributed by atoms with Crippen molar-refractivity contribution in [3.8, 4) is 0 Å². The summed E-state index contributed by atoms with van der Waals surface area (Å²) in [6.07, 6.45) is -0.252. The van der Waals surface area contributed by atoms with E-state index in [9.17, 15) is 14.7 Å². The van der Waals surface area contributed by atoms with Crippen LogP contribution in [0.2, 0.25) is 0 Å². The zero-order valence-electron chi connectivity index (χ0n) is 11.2. The zero-order chi connectivity index (χ0) is 13.6. The smallest absolute Gasteiger partial charge is 0.334 e. The molecule has 0 heterocycles. The number of rotatable bonds is 6. The molecule has 2 atom stereocenters. The lowest BCUT2D eigenvalue weighted by molar-refractivity contribution is -0.158. The Morgan fingerprint density at radius 3 is 2.24 bits per heavy atom. The maximum Gasteiger partial charge on any atom is 0.334 e. The second-order valence-electron chi connectivity index (χ2n) is 4.67. The molecule has 0 aliphatic heterocycles. The molecule has 0 spiro atoms. The molecule has 5 nitrogen and oxygen atoms in total. The lowest BCUT2D eigenvalue weighted by Crippen LogP contribution is -2.62. The quantitative estimate of drug-likeness (QED) is 0.680. The molecule has 5 heteroatoms. The number of amides is 1. The average Bonchev–Trinajstić information content (AvgIpc) is 2.24. The molecule has 0 bridgehead atoms. The highest BCUT2D eigenvalue weighted by atomic mass is 16.5. The van der Waals surface area contributed by atoms with Gasteiger partial charge >= 0.3 is 5.97 Å². The molecule has 0 aromatic carbocycles. The number of aliphatic hydroxyl groups excluding tert-OH is 1. The summed E-state index contributed by atoms with van der Waals surface area (Å²) in [6.45, 7) is 6.91. The van der Waals surface area contributed by atoms with Gasteiger partial charge in [0.2, 0.25) is 5.91 Å². The number of carbonyl (C=O) groups excluding carboxylic acids is 2. The van der Waals surface area contributed by atoms with Gasteiger partial charge in [-0.2, -0.15) is 0 Å². The van der Waals surface area contributed by atoms with Crippen LogP contribution in [0.3, 0.4) is 0 Å². The first-order valence-corrected chi connectivity index (χ1v) is 5.85. The number of aliphatic hydroxyl groups is 1. The van der Waals surface area contributed by atoms with E-state index >= 15 is 0 Å². The summed E-state index contributed by atoms with van der Waals surface area (Å²) >= 11 is 0. The zero-order valence-corrected chi connectivity index (χ0v) is 11.2. The van der Waals surface area contributed by atoms with Crippen LogP contribution in [0.25, 0.3) is 0 Å². The molecular formula is C12H23NO4. The predicted molar refractivity (Wildman–Crippen MR) is 64.3 cm³/mol. The third kappa shape index (κ3) is 4.00. The first kappa shape index (κ1) is 15.9. The van der Waals surface area contributed by atoms with E-state index in [1.54, 1.807) is 6.92 Å². The molecule has 0 aliphatic rings. The van der Waals surface area contributed by atoms with E-state index in [1.165, 1.54) is 14.0 Å². The van der Waals surface area contributed by atoms with Crippen LogP contribution in [-0.4, -0.2) is 35.7 Å². The highest BCUT2D eigenvalue weighted by Crippen LogP contribution is 2.25. The van der Waals surface area contributed by atoms with E-state index < -0.39 is 17.6 Å². The van der Waals surface area contributed by atoms with E-state index in [4.69, 9.17) is 4.74 Å². The molecule has 0 fully saturated rings. The first-order chi connectivity index (χ1) is 7.80. The van der Waals surface area contributed by atoms with Gasteiger partial charge in [-0.15, -0.1) is 0 Å². The third-order valence-electron chi connectivity index (χ3n) is 2.63. The predicted octanol–water partition coefficient (Wildman–Crippen LogP) is 0.851. The number of carbonyl (C=O) groups is 2. The van der Waals surface area contributed by atoms with Crippen LogP contribution in [0.1, 0.15) is 40.5 Å². The number of hydrogen-bond donors (Lipinski definition) is 2. The molecule has 0 aromatic rings. The van der Waals surface area contributed by atoms with Crippen molar-refractivity contribution in [1.29, 1.82) is 0 Å². The van der Waals surface area contributed by atoms with Gasteiger partial charge in [0.05, 0.1) is 13.2 Å². The normalized spacial score (nSPS) is 16.2. The molecule has 100 valence electrons. The Balaban J connectivity index is 5.34. The molecule has 1 amide bonds. The van der Waals surface area contributed by atoms with Crippen molar-refractivity contribution in [2.75, 3.05) is 7.11 Å². The summed E-state index contributed by atoms with van der Waals surface area (Å²) in [5.74, 6) is -0.818. The van der Waals surface area contributed by atoms with Crippen molar-refractivity contribution in [3.05, 3.63) is 0 Å². The summed E-state index contributed by atoms with van der Waals surface area (Å²) in [5.41, 5.74) is -1.34. The van der Waals surface area contributed by atoms with Gasteiger partial charge in [0.1, 0.15) is 0 Å². The Morgan fingerprint density at radius 1 is 1.41 bits per heavy atom. The van der Waals surface area contributed by atoms with Gasteiger partial charge in [0, 0.05) is 6.92 Å². The maximum atomic E-state index is 11.9. The van der Waals surface area contributed by atoms with E-state index in [-0.39, 0.29) is 11.8 Å². The maximum absolute atomic E-state index is 11.9. The van der Waals surface area contributed by atoms with Crippen molar-refractivity contribution in [2.45, 2.75) is 52.2 Å². The lowest BCUT2D eigenvalue weighted by Gasteiger charge is -2.36. The Labute approximate surface area is 103 Å². The minimum Gasteiger partial charge on any atom is -0.467 e. The second-order valence-corrected chi connectivity index (χ2v) is 4.67. The van der Waals surface area contributed by atoms with Crippen molar-refractivity contribution >= 4 is 11.9 Å². The Morgan fingerprint density at radius 2 is 1.94 bits per heavy atom. The van der Waals surface area contributed by atoms with Crippen LogP contribution >= 0.6 is 0 Å². The van der Waals surface area contributed by atoms with Crippen LogP contribution in [-0.2, 0) is 14.3 Å².